The molecule has 0 aliphatic rings. The van der Waals surface area contributed by atoms with Gasteiger partial charge in [0.25, 0.3) is 0 Å². The van der Waals surface area contributed by atoms with Crippen molar-refractivity contribution in [2.45, 2.75) is 13.8 Å². The minimum Gasteiger partial charge on any atom is -0.380 e. The zero-order valence-electron chi connectivity index (χ0n) is 9.73. The van der Waals surface area contributed by atoms with Gasteiger partial charge in [-0.2, -0.15) is 4.31 Å². The number of hydrogen-bond donors (Lipinski definition) is 0. The van der Waals surface area contributed by atoms with Crippen LogP contribution in [0.1, 0.15) is 13.8 Å². The van der Waals surface area contributed by atoms with E-state index >= 15 is 0 Å². The summed E-state index contributed by atoms with van der Waals surface area (Å²) in [6, 6.07) is 0. The molecule has 15 heavy (non-hydrogen) atoms. The maximum absolute atomic E-state index is 11.3. The van der Waals surface area contributed by atoms with E-state index in [0.29, 0.717) is 39.5 Å². The first-order valence-corrected chi connectivity index (χ1v) is 6.97. The third-order valence-electron chi connectivity index (χ3n) is 1.85. The molecule has 0 heterocycles. The lowest BCUT2D eigenvalue weighted by Gasteiger charge is -2.19. The summed E-state index contributed by atoms with van der Waals surface area (Å²) >= 11 is 0. The Balaban J connectivity index is 3.97. The van der Waals surface area contributed by atoms with E-state index in [1.165, 1.54) is 10.6 Å². The molecule has 92 valence electrons. The summed E-state index contributed by atoms with van der Waals surface area (Å²) in [7, 11) is -3.15. The molecule has 0 aliphatic heterocycles. The molecule has 0 N–H and O–H groups in total. The molecule has 0 rings (SSSR count). The number of ether oxygens (including phenoxy) is 2. The summed E-state index contributed by atoms with van der Waals surface area (Å²) in [5, 5.41) is 0. The van der Waals surface area contributed by atoms with Crippen molar-refractivity contribution in [2.24, 2.45) is 0 Å². The minimum absolute atomic E-state index is 0.389. The van der Waals surface area contributed by atoms with Gasteiger partial charge in [-0.1, -0.05) is 0 Å². The molecule has 0 aromatic carbocycles. The Kier molecular flexibility index (Phi) is 7.95. The van der Waals surface area contributed by atoms with Crippen LogP contribution in [0.15, 0.2) is 0 Å². The number of hydrogen-bond acceptors (Lipinski definition) is 4. The zero-order chi connectivity index (χ0) is 11.7. The minimum atomic E-state index is -3.15. The van der Waals surface area contributed by atoms with Crippen molar-refractivity contribution >= 4 is 10.0 Å². The standard InChI is InChI=1S/C9H21NO4S/c1-4-13-8-6-10(15(3,11)12)7-9-14-5-2/h4-9H2,1-3H3. The van der Waals surface area contributed by atoms with E-state index in [9.17, 15) is 8.42 Å². The summed E-state index contributed by atoms with van der Waals surface area (Å²) in [5.41, 5.74) is 0. The highest BCUT2D eigenvalue weighted by Crippen LogP contribution is 1.97. The molecule has 0 fully saturated rings. The van der Waals surface area contributed by atoms with Crippen LogP contribution in [0.2, 0.25) is 0 Å². The number of sulfonamides is 1. The molecular weight excluding hydrogens is 218 g/mol. The van der Waals surface area contributed by atoms with Crippen LogP contribution in [0.25, 0.3) is 0 Å². The van der Waals surface area contributed by atoms with Crippen molar-refractivity contribution in [1.82, 2.24) is 4.31 Å². The Morgan fingerprint density at radius 2 is 1.40 bits per heavy atom. The van der Waals surface area contributed by atoms with Gasteiger partial charge in [0.15, 0.2) is 0 Å². The van der Waals surface area contributed by atoms with Crippen molar-refractivity contribution in [2.75, 3.05) is 45.8 Å². The van der Waals surface area contributed by atoms with Crippen molar-refractivity contribution in [3.63, 3.8) is 0 Å². The molecule has 0 aliphatic carbocycles. The summed E-state index contributed by atoms with van der Waals surface area (Å²) in [6.07, 6.45) is 1.20. The topological polar surface area (TPSA) is 55.8 Å². The average Bonchev–Trinajstić information content (AvgIpc) is 2.14. The number of rotatable bonds is 9. The van der Waals surface area contributed by atoms with Crippen molar-refractivity contribution in [3.8, 4) is 0 Å². The first kappa shape index (κ1) is 14.8. The molecule has 0 radical (unpaired) electrons. The predicted octanol–water partition coefficient (Wildman–Crippen LogP) is 0.321. The Hall–Kier alpha value is -0.170. The molecule has 6 heteroatoms. The fourth-order valence-electron chi connectivity index (χ4n) is 1.06. The molecule has 0 atom stereocenters. The molecule has 0 amide bonds. The Morgan fingerprint density at radius 3 is 1.67 bits per heavy atom. The molecule has 5 nitrogen and oxygen atoms in total. The second kappa shape index (κ2) is 8.04. The van der Waals surface area contributed by atoms with Gasteiger partial charge in [-0.05, 0) is 13.8 Å². The van der Waals surface area contributed by atoms with Crippen molar-refractivity contribution in [1.29, 1.82) is 0 Å². The summed E-state index contributed by atoms with van der Waals surface area (Å²) in [4.78, 5) is 0. The van der Waals surface area contributed by atoms with Gasteiger partial charge in [0.05, 0.1) is 19.5 Å². The fraction of sp³-hybridized carbons (Fsp3) is 1.00. The Labute approximate surface area is 92.4 Å². The van der Waals surface area contributed by atoms with E-state index < -0.39 is 10.0 Å². The van der Waals surface area contributed by atoms with Crippen LogP contribution >= 0.6 is 0 Å². The molecule has 0 aromatic rings. The van der Waals surface area contributed by atoms with Gasteiger partial charge in [0.2, 0.25) is 10.0 Å². The highest BCUT2D eigenvalue weighted by atomic mass is 32.2. The van der Waals surface area contributed by atoms with Gasteiger partial charge >= 0.3 is 0 Å². The smallest absolute Gasteiger partial charge is 0.211 e. The van der Waals surface area contributed by atoms with E-state index in [0.717, 1.165) is 0 Å². The second-order valence-electron chi connectivity index (χ2n) is 3.06. The van der Waals surface area contributed by atoms with Gasteiger partial charge in [0.1, 0.15) is 0 Å². The largest absolute Gasteiger partial charge is 0.380 e. The van der Waals surface area contributed by atoms with E-state index in [4.69, 9.17) is 9.47 Å². The fourth-order valence-corrected chi connectivity index (χ4v) is 1.88. The van der Waals surface area contributed by atoms with E-state index in [-0.39, 0.29) is 0 Å². The number of nitrogens with zero attached hydrogens (tertiary/aromatic N) is 1. The lowest BCUT2D eigenvalue weighted by Crippen LogP contribution is -2.35. The maximum Gasteiger partial charge on any atom is 0.211 e. The van der Waals surface area contributed by atoms with Crippen LogP contribution in [0.4, 0.5) is 0 Å². The summed E-state index contributed by atoms with van der Waals surface area (Å²) in [6.45, 7) is 6.59. The first-order chi connectivity index (χ1) is 7.02. The third-order valence-corrected chi connectivity index (χ3v) is 3.15. The molecule has 0 bridgehead atoms. The van der Waals surface area contributed by atoms with Gasteiger partial charge in [-0.25, -0.2) is 8.42 Å². The SMILES string of the molecule is CCOCCN(CCOCC)S(C)(=O)=O. The van der Waals surface area contributed by atoms with Crippen LogP contribution in [-0.4, -0.2) is 58.5 Å². The van der Waals surface area contributed by atoms with Gasteiger partial charge in [-0.15, -0.1) is 0 Å². The Bertz CT molecular complexity index is 230. The highest BCUT2D eigenvalue weighted by molar-refractivity contribution is 7.88. The first-order valence-electron chi connectivity index (χ1n) is 5.13. The van der Waals surface area contributed by atoms with Crippen LogP contribution in [0, 0.1) is 0 Å². The van der Waals surface area contributed by atoms with E-state index in [2.05, 4.69) is 0 Å². The van der Waals surface area contributed by atoms with Crippen LogP contribution in [-0.2, 0) is 19.5 Å². The second-order valence-corrected chi connectivity index (χ2v) is 5.04. The van der Waals surface area contributed by atoms with Gasteiger partial charge < -0.3 is 9.47 Å². The van der Waals surface area contributed by atoms with Crippen LogP contribution < -0.4 is 0 Å². The maximum atomic E-state index is 11.3. The van der Waals surface area contributed by atoms with Gasteiger partial charge in [0, 0.05) is 26.3 Å². The van der Waals surface area contributed by atoms with Crippen LogP contribution in [0.3, 0.4) is 0 Å². The highest BCUT2D eigenvalue weighted by Gasteiger charge is 2.15. The van der Waals surface area contributed by atoms with Crippen LogP contribution in [0.5, 0.6) is 0 Å². The lowest BCUT2D eigenvalue weighted by molar-refractivity contribution is 0.110. The summed E-state index contributed by atoms with van der Waals surface area (Å²) in [5.74, 6) is 0. The van der Waals surface area contributed by atoms with E-state index in [1.54, 1.807) is 0 Å². The molecule has 0 saturated heterocycles. The average molecular weight is 239 g/mol. The molecule has 0 unspecified atom stereocenters. The quantitative estimate of drug-likeness (QED) is 0.544. The third kappa shape index (κ3) is 7.72. The monoisotopic (exact) mass is 239 g/mol. The predicted molar refractivity (Wildman–Crippen MR) is 59.4 cm³/mol. The molecule has 0 aromatic heterocycles. The van der Waals surface area contributed by atoms with E-state index in [1.807, 2.05) is 13.8 Å². The summed E-state index contributed by atoms with van der Waals surface area (Å²) < 4.78 is 34.3. The van der Waals surface area contributed by atoms with Crippen molar-refractivity contribution in [3.05, 3.63) is 0 Å². The molecule has 0 spiro atoms. The van der Waals surface area contributed by atoms with Crippen molar-refractivity contribution < 1.29 is 17.9 Å². The normalized spacial score (nSPS) is 12.3. The van der Waals surface area contributed by atoms with Gasteiger partial charge in [-0.3, -0.25) is 0 Å². The Morgan fingerprint density at radius 1 is 1.00 bits per heavy atom. The lowest BCUT2D eigenvalue weighted by atomic mass is 10.6. The zero-order valence-corrected chi connectivity index (χ0v) is 10.5. The molecule has 0 saturated carbocycles. The molecular formula is C9H21NO4S.